The van der Waals surface area contributed by atoms with Gasteiger partial charge in [-0.3, -0.25) is 4.79 Å². The summed E-state index contributed by atoms with van der Waals surface area (Å²) in [5.74, 6) is -0.532. The van der Waals surface area contributed by atoms with E-state index >= 15 is 0 Å². The highest BCUT2D eigenvalue weighted by Gasteiger charge is 2.13. The number of methoxy groups -OCH3 is 1. The van der Waals surface area contributed by atoms with Crippen LogP contribution in [-0.4, -0.2) is 25.0 Å². The van der Waals surface area contributed by atoms with Crippen LogP contribution < -0.4 is 10.6 Å². The van der Waals surface area contributed by atoms with E-state index in [-0.39, 0.29) is 5.91 Å². The average molecular weight is 348 g/mol. The second-order valence-corrected chi connectivity index (χ2v) is 5.99. The van der Waals surface area contributed by atoms with Crippen molar-refractivity contribution in [3.8, 4) is 0 Å². The molecular formula is C21H20N2O3. The minimum absolute atomic E-state index is 0.141. The molecule has 0 fully saturated rings. The summed E-state index contributed by atoms with van der Waals surface area (Å²) in [6, 6.07) is 20.2. The first-order chi connectivity index (χ1) is 12.6. The van der Waals surface area contributed by atoms with Gasteiger partial charge in [-0.25, -0.2) is 4.79 Å². The lowest BCUT2D eigenvalue weighted by atomic mass is 10.1. The van der Waals surface area contributed by atoms with Gasteiger partial charge in [-0.05, 0) is 54.1 Å². The van der Waals surface area contributed by atoms with Crippen LogP contribution in [0, 0.1) is 0 Å². The van der Waals surface area contributed by atoms with E-state index in [1.807, 2.05) is 42.5 Å². The van der Waals surface area contributed by atoms with Crippen molar-refractivity contribution < 1.29 is 14.3 Å². The number of benzene rings is 3. The van der Waals surface area contributed by atoms with Gasteiger partial charge in [-0.1, -0.05) is 30.3 Å². The number of fused-ring (bicyclic) bond motifs is 1. The third-order valence-corrected chi connectivity index (χ3v) is 4.10. The average Bonchev–Trinajstić information content (AvgIpc) is 2.67. The number of anilines is 2. The molecule has 0 heterocycles. The van der Waals surface area contributed by atoms with Crippen LogP contribution in [0.5, 0.6) is 0 Å². The fourth-order valence-electron chi connectivity index (χ4n) is 2.65. The number of hydrogen-bond donors (Lipinski definition) is 2. The molecule has 0 radical (unpaired) electrons. The molecule has 0 aromatic heterocycles. The summed E-state index contributed by atoms with van der Waals surface area (Å²) < 4.78 is 4.67. The van der Waals surface area contributed by atoms with E-state index < -0.39 is 12.0 Å². The molecule has 0 unspecified atom stereocenters. The zero-order valence-electron chi connectivity index (χ0n) is 14.7. The molecule has 0 saturated carbocycles. The highest BCUT2D eigenvalue weighted by atomic mass is 16.5. The van der Waals surface area contributed by atoms with Gasteiger partial charge in [-0.2, -0.15) is 0 Å². The van der Waals surface area contributed by atoms with E-state index in [4.69, 9.17) is 0 Å². The van der Waals surface area contributed by atoms with E-state index in [0.717, 1.165) is 22.1 Å². The Kier molecular flexibility index (Phi) is 5.17. The van der Waals surface area contributed by atoms with Gasteiger partial charge in [0.15, 0.2) is 0 Å². The van der Waals surface area contributed by atoms with Crippen LogP contribution in [0.3, 0.4) is 0 Å². The Balaban J connectivity index is 1.64. The fraction of sp³-hybridized carbons (Fsp3) is 0.143. The maximum absolute atomic E-state index is 12.4. The number of carbonyl (C=O) groups is 2. The molecule has 0 saturated heterocycles. The summed E-state index contributed by atoms with van der Waals surface area (Å²) in [5.41, 5.74) is 1.97. The number of rotatable bonds is 5. The van der Waals surface area contributed by atoms with Gasteiger partial charge in [0.05, 0.1) is 12.7 Å². The van der Waals surface area contributed by atoms with Gasteiger partial charge in [0.25, 0.3) is 0 Å². The van der Waals surface area contributed by atoms with Crippen molar-refractivity contribution in [3.63, 3.8) is 0 Å². The molecule has 2 N–H and O–H groups in total. The van der Waals surface area contributed by atoms with Crippen molar-refractivity contribution in [2.75, 3.05) is 17.7 Å². The Morgan fingerprint density at radius 3 is 2.23 bits per heavy atom. The standard InChI is InChI=1S/C21H20N2O3/c1-14(22-18-10-8-16(9-11-18)21(25)26-2)20(24)23-19-12-7-15-5-3-4-6-17(15)13-19/h3-14,22H,1-2H3,(H,23,24)/t14-/m0/s1. The van der Waals surface area contributed by atoms with Crippen LogP contribution in [0.25, 0.3) is 10.8 Å². The Morgan fingerprint density at radius 1 is 0.885 bits per heavy atom. The highest BCUT2D eigenvalue weighted by Crippen LogP contribution is 2.19. The van der Waals surface area contributed by atoms with Crippen molar-refractivity contribution in [2.45, 2.75) is 13.0 Å². The van der Waals surface area contributed by atoms with E-state index in [1.54, 1.807) is 31.2 Å². The Morgan fingerprint density at radius 2 is 1.54 bits per heavy atom. The first-order valence-electron chi connectivity index (χ1n) is 8.31. The first kappa shape index (κ1) is 17.5. The Bertz CT molecular complexity index is 935. The number of carbonyl (C=O) groups excluding carboxylic acids is 2. The summed E-state index contributed by atoms with van der Waals surface area (Å²) >= 11 is 0. The van der Waals surface area contributed by atoms with Crippen LogP contribution in [0.1, 0.15) is 17.3 Å². The van der Waals surface area contributed by atoms with Gasteiger partial charge < -0.3 is 15.4 Å². The second-order valence-electron chi connectivity index (χ2n) is 5.99. The SMILES string of the molecule is COC(=O)c1ccc(N[C@@H](C)C(=O)Nc2ccc3ccccc3c2)cc1. The van der Waals surface area contributed by atoms with E-state index in [0.29, 0.717) is 5.56 Å². The lowest BCUT2D eigenvalue weighted by molar-refractivity contribution is -0.116. The largest absolute Gasteiger partial charge is 0.465 e. The molecule has 5 heteroatoms. The van der Waals surface area contributed by atoms with E-state index in [1.165, 1.54) is 7.11 Å². The molecule has 26 heavy (non-hydrogen) atoms. The van der Waals surface area contributed by atoms with Crippen molar-refractivity contribution >= 4 is 34.0 Å². The first-order valence-corrected chi connectivity index (χ1v) is 8.31. The molecule has 1 atom stereocenters. The van der Waals surface area contributed by atoms with Crippen molar-refractivity contribution in [2.24, 2.45) is 0 Å². The molecule has 5 nitrogen and oxygen atoms in total. The summed E-state index contributed by atoms with van der Waals surface area (Å²) in [6.07, 6.45) is 0. The summed E-state index contributed by atoms with van der Waals surface area (Å²) in [6.45, 7) is 1.78. The molecule has 3 rings (SSSR count). The molecular weight excluding hydrogens is 328 g/mol. The van der Waals surface area contributed by atoms with Crippen LogP contribution in [0.2, 0.25) is 0 Å². The molecule has 0 spiro atoms. The van der Waals surface area contributed by atoms with Gasteiger partial charge in [0.1, 0.15) is 6.04 Å². The number of esters is 1. The highest BCUT2D eigenvalue weighted by molar-refractivity contribution is 5.98. The van der Waals surface area contributed by atoms with Crippen molar-refractivity contribution in [3.05, 3.63) is 72.3 Å². The number of nitrogens with one attached hydrogen (secondary N) is 2. The molecule has 0 bridgehead atoms. The summed E-state index contributed by atoms with van der Waals surface area (Å²) in [7, 11) is 1.34. The predicted molar refractivity (Wildman–Crippen MR) is 103 cm³/mol. The zero-order valence-corrected chi connectivity index (χ0v) is 14.7. The van der Waals surface area contributed by atoms with Gasteiger partial charge in [0.2, 0.25) is 5.91 Å². The molecule has 1 amide bonds. The monoisotopic (exact) mass is 348 g/mol. The van der Waals surface area contributed by atoms with Crippen LogP contribution in [0.15, 0.2) is 66.7 Å². The van der Waals surface area contributed by atoms with Crippen LogP contribution in [0.4, 0.5) is 11.4 Å². The summed E-state index contributed by atoms with van der Waals surface area (Å²) in [4.78, 5) is 23.9. The molecule has 0 aliphatic heterocycles. The quantitative estimate of drug-likeness (QED) is 0.682. The molecule has 3 aromatic rings. The predicted octanol–water partition coefficient (Wildman–Crippen LogP) is 4.07. The van der Waals surface area contributed by atoms with Crippen molar-refractivity contribution in [1.82, 2.24) is 0 Å². The molecule has 3 aromatic carbocycles. The van der Waals surface area contributed by atoms with Crippen LogP contribution in [-0.2, 0) is 9.53 Å². The minimum atomic E-state index is -0.439. The zero-order chi connectivity index (χ0) is 18.5. The summed E-state index contributed by atoms with van der Waals surface area (Å²) in [5, 5.41) is 8.24. The number of hydrogen-bond acceptors (Lipinski definition) is 4. The Hall–Kier alpha value is -3.34. The third kappa shape index (κ3) is 4.00. The Labute approximate surface area is 152 Å². The third-order valence-electron chi connectivity index (χ3n) is 4.10. The minimum Gasteiger partial charge on any atom is -0.465 e. The topological polar surface area (TPSA) is 67.4 Å². The lowest BCUT2D eigenvalue weighted by Crippen LogP contribution is -2.31. The number of amides is 1. The van der Waals surface area contributed by atoms with E-state index in [9.17, 15) is 9.59 Å². The number of ether oxygens (including phenoxy) is 1. The van der Waals surface area contributed by atoms with Gasteiger partial charge >= 0.3 is 5.97 Å². The maximum atomic E-state index is 12.4. The molecule has 132 valence electrons. The fourth-order valence-corrected chi connectivity index (χ4v) is 2.65. The molecule has 0 aliphatic rings. The second kappa shape index (κ2) is 7.70. The van der Waals surface area contributed by atoms with E-state index in [2.05, 4.69) is 15.4 Å². The maximum Gasteiger partial charge on any atom is 0.337 e. The normalized spacial score (nSPS) is 11.6. The van der Waals surface area contributed by atoms with Crippen LogP contribution >= 0.6 is 0 Å². The smallest absolute Gasteiger partial charge is 0.337 e. The lowest BCUT2D eigenvalue weighted by Gasteiger charge is -2.16. The van der Waals surface area contributed by atoms with Gasteiger partial charge in [0, 0.05) is 11.4 Å². The van der Waals surface area contributed by atoms with Gasteiger partial charge in [-0.15, -0.1) is 0 Å². The van der Waals surface area contributed by atoms with Crippen molar-refractivity contribution in [1.29, 1.82) is 0 Å². The molecule has 0 aliphatic carbocycles.